The molecule has 1 aliphatic carbocycles. The third-order valence-electron chi connectivity index (χ3n) is 5.19. The van der Waals surface area contributed by atoms with Gasteiger partial charge >= 0.3 is 0 Å². The van der Waals surface area contributed by atoms with Crippen LogP contribution in [-0.2, 0) is 0 Å². The molecule has 1 heterocycles. The maximum atomic E-state index is 11.0. The Morgan fingerprint density at radius 2 is 1.71 bits per heavy atom. The van der Waals surface area contributed by atoms with Crippen molar-refractivity contribution in [2.45, 2.75) is 58.0 Å². The highest BCUT2D eigenvalue weighted by atomic mass is 16.3. The molecule has 1 saturated carbocycles. The molecule has 0 spiro atoms. The van der Waals surface area contributed by atoms with Crippen LogP contribution in [0.4, 0.5) is 0 Å². The molecular formula is C14H27NO2. The first-order chi connectivity index (χ1) is 7.93. The van der Waals surface area contributed by atoms with E-state index in [4.69, 9.17) is 0 Å². The van der Waals surface area contributed by atoms with Gasteiger partial charge in [-0.25, -0.2) is 0 Å². The van der Waals surface area contributed by atoms with Gasteiger partial charge in [-0.05, 0) is 50.5 Å². The fourth-order valence-corrected chi connectivity index (χ4v) is 3.52. The molecule has 2 aliphatic rings. The Kier molecular flexibility index (Phi) is 3.54. The van der Waals surface area contributed by atoms with E-state index in [9.17, 15) is 10.2 Å². The van der Waals surface area contributed by atoms with Crippen LogP contribution in [-0.4, -0.2) is 35.5 Å². The summed E-state index contributed by atoms with van der Waals surface area (Å²) in [5.74, 6) is 0. The second-order valence-electron chi connectivity index (χ2n) is 6.91. The van der Waals surface area contributed by atoms with Crippen molar-refractivity contribution in [2.24, 2.45) is 10.8 Å². The predicted molar refractivity (Wildman–Crippen MR) is 68.8 cm³/mol. The summed E-state index contributed by atoms with van der Waals surface area (Å²) in [5, 5.41) is 24.1. The molecule has 17 heavy (non-hydrogen) atoms. The number of hydrogen-bond donors (Lipinski definition) is 3. The van der Waals surface area contributed by atoms with Crippen molar-refractivity contribution in [3.05, 3.63) is 0 Å². The number of piperidine rings is 1. The van der Waals surface area contributed by atoms with Gasteiger partial charge in [-0.1, -0.05) is 13.8 Å². The standard InChI is InChI=1S/C14H27NO2/c1-12(2)5-7-14(17,8-6-12)13(11-16)4-3-9-15-10-13/h15-17H,3-11H2,1-2H3. The van der Waals surface area contributed by atoms with E-state index in [1.165, 1.54) is 0 Å². The Morgan fingerprint density at radius 3 is 2.18 bits per heavy atom. The first kappa shape index (κ1) is 13.3. The maximum Gasteiger partial charge on any atom is 0.0738 e. The van der Waals surface area contributed by atoms with Gasteiger partial charge in [0.25, 0.3) is 0 Å². The summed E-state index contributed by atoms with van der Waals surface area (Å²) in [5.41, 5.74) is -0.614. The minimum atomic E-state index is -0.662. The molecule has 0 aromatic rings. The van der Waals surface area contributed by atoms with Crippen LogP contribution in [0.3, 0.4) is 0 Å². The van der Waals surface area contributed by atoms with Crippen molar-refractivity contribution in [1.82, 2.24) is 5.32 Å². The van der Waals surface area contributed by atoms with Crippen molar-refractivity contribution < 1.29 is 10.2 Å². The molecule has 0 radical (unpaired) electrons. The van der Waals surface area contributed by atoms with Gasteiger partial charge in [-0.3, -0.25) is 0 Å². The Balaban J connectivity index is 2.13. The van der Waals surface area contributed by atoms with Gasteiger partial charge in [0.1, 0.15) is 0 Å². The molecule has 100 valence electrons. The maximum absolute atomic E-state index is 11.0. The van der Waals surface area contributed by atoms with Gasteiger partial charge in [0.15, 0.2) is 0 Å². The molecule has 1 aliphatic heterocycles. The molecule has 2 rings (SSSR count). The van der Waals surface area contributed by atoms with Crippen LogP contribution in [0.1, 0.15) is 52.4 Å². The van der Waals surface area contributed by atoms with E-state index in [1.54, 1.807) is 0 Å². The number of nitrogens with one attached hydrogen (secondary N) is 1. The van der Waals surface area contributed by atoms with Gasteiger partial charge in [0.2, 0.25) is 0 Å². The van der Waals surface area contributed by atoms with Crippen LogP contribution in [0.15, 0.2) is 0 Å². The van der Waals surface area contributed by atoms with Gasteiger partial charge in [0.05, 0.1) is 12.2 Å². The topological polar surface area (TPSA) is 52.5 Å². The largest absolute Gasteiger partial charge is 0.396 e. The first-order valence-electron chi connectivity index (χ1n) is 6.97. The zero-order valence-electron chi connectivity index (χ0n) is 11.3. The van der Waals surface area contributed by atoms with Crippen LogP contribution in [0.25, 0.3) is 0 Å². The third kappa shape index (κ3) is 2.38. The molecule has 0 aromatic carbocycles. The number of rotatable bonds is 2. The monoisotopic (exact) mass is 241 g/mol. The van der Waals surface area contributed by atoms with Crippen LogP contribution >= 0.6 is 0 Å². The van der Waals surface area contributed by atoms with Crippen LogP contribution in [0, 0.1) is 10.8 Å². The summed E-state index contributed by atoms with van der Waals surface area (Å²) >= 11 is 0. The number of aliphatic hydroxyl groups excluding tert-OH is 1. The minimum absolute atomic E-state index is 0.108. The first-order valence-corrected chi connectivity index (χ1v) is 6.97. The summed E-state index contributed by atoms with van der Waals surface area (Å²) in [6.45, 7) is 6.44. The Hall–Kier alpha value is -0.120. The quantitative estimate of drug-likeness (QED) is 0.689. The second-order valence-corrected chi connectivity index (χ2v) is 6.91. The lowest BCUT2D eigenvalue weighted by Gasteiger charge is -2.53. The highest BCUT2D eigenvalue weighted by Crippen LogP contribution is 2.50. The molecule has 1 atom stereocenters. The van der Waals surface area contributed by atoms with Gasteiger partial charge < -0.3 is 15.5 Å². The summed E-state index contributed by atoms with van der Waals surface area (Å²) < 4.78 is 0. The molecule has 3 heteroatoms. The fourth-order valence-electron chi connectivity index (χ4n) is 3.52. The van der Waals surface area contributed by atoms with Crippen LogP contribution < -0.4 is 5.32 Å². The molecule has 3 nitrogen and oxygen atoms in total. The number of aliphatic hydroxyl groups is 2. The molecule has 0 bridgehead atoms. The summed E-state index contributed by atoms with van der Waals surface area (Å²) in [6, 6.07) is 0. The van der Waals surface area contributed by atoms with Gasteiger partial charge in [0, 0.05) is 12.0 Å². The molecule has 1 unspecified atom stereocenters. The fraction of sp³-hybridized carbons (Fsp3) is 1.00. The van der Waals surface area contributed by atoms with E-state index >= 15 is 0 Å². The Morgan fingerprint density at radius 1 is 1.06 bits per heavy atom. The predicted octanol–water partition coefficient (Wildman–Crippen LogP) is 1.68. The summed E-state index contributed by atoms with van der Waals surface area (Å²) in [7, 11) is 0. The zero-order chi connectivity index (χ0) is 12.6. The summed E-state index contributed by atoms with van der Waals surface area (Å²) in [4.78, 5) is 0. The normalized spacial score (nSPS) is 36.7. The minimum Gasteiger partial charge on any atom is -0.396 e. The Labute approximate surface area is 105 Å². The van der Waals surface area contributed by atoms with Crippen molar-refractivity contribution in [2.75, 3.05) is 19.7 Å². The van der Waals surface area contributed by atoms with E-state index in [-0.39, 0.29) is 12.0 Å². The SMILES string of the molecule is CC1(C)CCC(O)(C2(CO)CCCNC2)CC1. The highest BCUT2D eigenvalue weighted by molar-refractivity contribution is 5.04. The molecule has 2 fully saturated rings. The lowest BCUT2D eigenvalue weighted by molar-refractivity contribution is -0.151. The van der Waals surface area contributed by atoms with Gasteiger partial charge in [-0.2, -0.15) is 0 Å². The third-order valence-corrected chi connectivity index (χ3v) is 5.19. The molecular weight excluding hydrogens is 214 g/mol. The lowest BCUT2D eigenvalue weighted by Crippen LogP contribution is -2.59. The second kappa shape index (κ2) is 4.52. The number of hydrogen-bond acceptors (Lipinski definition) is 3. The van der Waals surface area contributed by atoms with Crippen LogP contribution in [0.2, 0.25) is 0 Å². The highest BCUT2D eigenvalue weighted by Gasteiger charge is 2.52. The van der Waals surface area contributed by atoms with Crippen molar-refractivity contribution in [3.8, 4) is 0 Å². The molecule has 0 aromatic heterocycles. The van der Waals surface area contributed by atoms with E-state index in [0.29, 0.717) is 5.41 Å². The molecule has 3 N–H and O–H groups in total. The van der Waals surface area contributed by atoms with E-state index in [1.807, 2.05) is 0 Å². The van der Waals surface area contributed by atoms with Gasteiger partial charge in [-0.15, -0.1) is 0 Å². The zero-order valence-corrected chi connectivity index (χ0v) is 11.3. The van der Waals surface area contributed by atoms with Crippen molar-refractivity contribution in [1.29, 1.82) is 0 Å². The average molecular weight is 241 g/mol. The average Bonchev–Trinajstić information content (AvgIpc) is 2.34. The van der Waals surface area contributed by atoms with Crippen molar-refractivity contribution in [3.63, 3.8) is 0 Å². The van der Waals surface area contributed by atoms with E-state index in [0.717, 1.165) is 51.6 Å². The van der Waals surface area contributed by atoms with E-state index in [2.05, 4.69) is 19.2 Å². The molecule has 1 saturated heterocycles. The van der Waals surface area contributed by atoms with Crippen molar-refractivity contribution >= 4 is 0 Å². The smallest absolute Gasteiger partial charge is 0.0738 e. The molecule has 0 amide bonds. The lowest BCUT2D eigenvalue weighted by atomic mass is 9.58. The summed E-state index contributed by atoms with van der Waals surface area (Å²) in [6.07, 6.45) is 5.81. The van der Waals surface area contributed by atoms with Crippen LogP contribution in [0.5, 0.6) is 0 Å². The van der Waals surface area contributed by atoms with E-state index < -0.39 is 5.60 Å². The Bertz CT molecular complexity index is 259.